The topological polar surface area (TPSA) is 72.5 Å². The Labute approximate surface area is 100 Å². The predicted octanol–water partition coefficient (Wildman–Crippen LogP) is -0.450. The largest absolute Gasteiger partial charge is 0.395 e. The number of β-amino-alcohol motifs (C(OH)–C–C–N with tert-alkyl or cyclic N) is 1. The van der Waals surface area contributed by atoms with Crippen molar-refractivity contribution in [1.82, 2.24) is 19.8 Å². The number of nitrogens with zero attached hydrogens (tertiary/aromatic N) is 3. The van der Waals surface area contributed by atoms with E-state index in [1.54, 1.807) is 6.20 Å². The van der Waals surface area contributed by atoms with Crippen LogP contribution >= 0.6 is 0 Å². The van der Waals surface area contributed by atoms with Gasteiger partial charge in [-0.05, 0) is 13.0 Å². The molecule has 6 nitrogen and oxygen atoms in total. The number of aliphatic hydroxyl groups excluding tert-OH is 1. The number of nitrogens with one attached hydrogen (secondary N) is 1. The molecule has 6 heteroatoms. The molecule has 0 bridgehead atoms. The Morgan fingerprint density at radius 2 is 2.29 bits per heavy atom. The van der Waals surface area contributed by atoms with Gasteiger partial charge in [-0.3, -0.25) is 9.69 Å². The van der Waals surface area contributed by atoms with Gasteiger partial charge in [0.15, 0.2) is 0 Å². The van der Waals surface area contributed by atoms with E-state index in [9.17, 15) is 4.79 Å². The lowest BCUT2D eigenvalue weighted by molar-refractivity contribution is 0.0755. The van der Waals surface area contributed by atoms with E-state index in [1.807, 2.05) is 4.90 Å². The highest BCUT2D eigenvalue weighted by molar-refractivity contribution is 5.92. The van der Waals surface area contributed by atoms with E-state index in [0.717, 1.165) is 26.1 Å². The molecule has 0 saturated carbocycles. The van der Waals surface area contributed by atoms with Gasteiger partial charge in [-0.2, -0.15) is 0 Å². The van der Waals surface area contributed by atoms with E-state index in [2.05, 4.69) is 14.9 Å². The SMILES string of the molecule is O=C(c1cnc[nH]1)N1CCCN(CCO)CC1. The fourth-order valence-electron chi connectivity index (χ4n) is 2.08. The summed E-state index contributed by atoms with van der Waals surface area (Å²) < 4.78 is 0. The molecule has 1 aromatic rings. The number of aromatic nitrogens is 2. The van der Waals surface area contributed by atoms with E-state index >= 15 is 0 Å². The monoisotopic (exact) mass is 238 g/mol. The normalized spacial score (nSPS) is 18.1. The van der Waals surface area contributed by atoms with E-state index in [4.69, 9.17) is 5.11 Å². The van der Waals surface area contributed by atoms with Crippen LogP contribution in [0.25, 0.3) is 0 Å². The summed E-state index contributed by atoms with van der Waals surface area (Å²) in [5.41, 5.74) is 0.542. The highest BCUT2D eigenvalue weighted by atomic mass is 16.3. The van der Waals surface area contributed by atoms with Crippen LogP contribution < -0.4 is 0 Å². The number of carbonyl (C=O) groups excluding carboxylic acids is 1. The standard InChI is InChI=1S/C11H18N4O2/c16-7-6-14-2-1-3-15(5-4-14)11(17)10-8-12-9-13-10/h8-9,16H,1-7H2,(H,12,13). The quantitative estimate of drug-likeness (QED) is 0.748. The summed E-state index contributed by atoms with van der Waals surface area (Å²) in [5, 5.41) is 8.90. The Kier molecular flexibility index (Phi) is 4.11. The molecule has 0 unspecified atom stereocenters. The molecule has 2 heterocycles. The van der Waals surface area contributed by atoms with Gasteiger partial charge < -0.3 is 15.0 Å². The lowest BCUT2D eigenvalue weighted by Gasteiger charge is -2.20. The number of aliphatic hydroxyl groups is 1. The molecule has 1 amide bonds. The number of aromatic amines is 1. The molecule has 0 radical (unpaired) electrons. The maximum absolute atomic E-state index is 12.1. The first kappa shape index (κ1) is 12.1. The maximum atomic E-state index is 12.1. The highest BCUT2D eigenvalue weighted by Crippen LogP contribution is 2.06. The second-order valence-corrected chi connectivity index (χ2v) is 4.18. The summed E-state index contributed by atoms with van der Waals surface area (Å²) in [6, 6.07) is 0. The van der Waals surface area contributed by atoms with E-state index in [1.165, 1.54) is 6.33 Å². The molecule has 1 fully saturated rings. The summed E-state index contributed by atoms with van der Waals surface area (Å²) in [5.74, 6) is 0.00773. The zero-order chi connectivity index (χ0) is 12.1. The van der Waals surface area contributed by atoms with Crippen molar-refractivity contribution in [2.75, 3.05) is 39.3 Å². The first-order chi connectivity index (χ1) is 8.31. The summed E-state index contributed by atoms with van der Waals surface area (Å²) in [6.07, 6.45) is 4.02. The average molecular weight is 238 g/mol. The van der Waals surface area contributed by atoms with Gasteiger partial charge in [0.25, 0.3) is 5.91 Å². The van der Waals surface area contributed by atoms with E-state index < -0.39 is 0 Å². The average Bonchev–Trinajstić information content (AvgIpc) is 2.76. The van der Waals surface area contributed by atoms with Crippen LogP contribution in [0.1, 0.15) is 16.9 Å². The van der Waals surface area contributed by atoms with Crippen molar-refractivity contribution in [3.8, 4) is 0 Å². The Morgan fingerprint density at radius 3 is 3.00 bits per heavy atom. The van der Waals surface area contributed by atoms with Crippen LogP contribution in [0.15, 0.2) is 12.5 Å². The van der Waals surface area contributed by atoms with Gasteiger partial charge in [-0.1, -0.05) is 0 Å². The van der Waals surface area contributed by atoms with Gasteiger partial charge in [0, 0.05) is 26.2 Å². The van der Waals surface area contributed by atoms with Crippen molar-refractivity contribution >= 4 is 5.91 Å². The minimum Gasteiger partial charge on any atom is -0.395 e. The van der Waals surface area contributed by atoms with Crippen LogP contribution in [0, 0.1) is 0 Å². The van der Waals surface area contributed by atoms with Crippen molar-refractivity contribution in [3.05, 3.63) is 18.2 Å². The minimum absolute atomic E-state index is 0.00773. The summed E-state index contributed by atoms with van der Waals surface area (Å²) in [4.78, 5) is 22.8. The number of hydrogen-bond donors (Lipinski definition) is 2. The first-order valence-electron chi connectivity index (χ1n) is 5.92. The molecule has 1 aliphatic heterocycles. The number of H-pyrrole nitrogens is 1. The Morgan fingerprint density at radius 1 is 1.41 bits per heavy atom. The zero-order valence-corrected chi connectivity index (χ0v) is 9.80. The Bertz CT molecular complexity index is 352. The van der Waals surface area contributed by atoms with Crippen LogP contribution in [-0.4, -0.2) is 70.1 Å². The molecule has 0 aromatic carbocycles. The van der Waals surface area contributed by atoms with Crippen LogP contribution in [0.5, 0.6) is 0 Å². The van der Waals surface area contributed by atoms with Gasteiger partial charge in [-0.15, -0.1) is 0 Å². The third-order valence-electron chi connectivity index (χ3n) is 3.02. The van der Waals surface area contributed by atoms with Gasteiger partial charge in [0.2, 0.25) is 0 Å². The molecule has 1 aliphatic rings. The van der Waals surface area contributed by atoms with Gasteiger partial charge in [0.1, 0.15) is 5.69 Å². The molecule has 0 aliphatic carbocycles. The lowest BCUT2D eigenvalue weighted by atomic mass is 10.3. The first-order valence-corrected chi connectivity index (χ1v) is 5.92. The van der Waals surface area contributed by atoms with Crippen LogP contribution in [-0.2, 0) is 0 Å². The minimum atomic E-state index is 0.00773. The second kappa shape index (κ2) is 5.79. The molecular weight excluding hydrogens is 220 g/mol. The number of amides is 1. The third-order valence-corrected chi connectivity index (χ3v) is 3.02. The number of hydrogen-bond acceptors (Lipinski definition) is 4. The molecule has 2 N–H and O–H groups in total. The summed E-state index contributed by atoms with van der Waals surface area (Å²) >= 11 is 0. The van der Waals surface area contributed by atoms with Gasteiger partial charge in [-0.25, -0.2) is 4.98 Å². The maximum Gasteiger partial charge on any atom is 0.271 e. The van der Waals surface area contributed by atoms with E-state index in [0.29, 0.717) is 18.8 Å². The van der Waals surface area contributed by atoms with Crippen LogP contribution in [0.3, 0.4) is 0 Å². The zero-order valence-electron chi connectivity index (χ0n) is 9.80. The highest BCUT2D eigenvalue weighted by Gasteiger charge is 2.20. The second-order valence-electron chi connectivity index (χ2n) is 4.18. The van der Waals surface area contributed by atoms with Crippen molar-refractivity contribution in [1.29, 1.82) is 0 Å². The van der Waals surface area contributed by atoms with Crippen molar-refractivity contribution < 1.29 is 9.90 Å². The molecule has 1 aromatic heterocycles. The molecule has 0 atom stereocenters. The molecule has 2 rings (SSSR count). The molecular formula is C11H18N4O2. The summed E-state index contributed by atoms with van der Waals surface area (Å²) in [7, 11) is 0. The number of imidazole rings is 1. The predicted molar refractivity (Wildman–Crippen MR) is 62.6 cm³/mol. The van der Waals surface area contributed by atoms with Gasteiger partial charge in [0.05, 0.1) is 19.1 Å². The Hall–Kier alpha value is -1.40. The van der Waals surface area contributed by atoms with Crippen molar-refractivity contribution in [2.45, 2.75) is 6.42 Å². The van der Waals surface area contributed by atoms with Crippen molar-refractivity contribution in [2.24, 2.45) is 0 Å². The Balaban J connectivity index is 1.92. The van der Waals surface area contributed by atoms with Crippen LogP contribution in [0.2, 0.25) is 0 Å². The number of rotatable bonds is 3. The van der Waals surface area contributed by atoms with Gasteiger partial charge >= 0.3 is 0 Å². The van der Waals surface area contributed by atoms with Crippen LogP contribution in [0.4, 0.5) is 0 Å². The molecule has 0 spiro atoms. The third kappa shape index (κ3) is 3.04. The van der Waals surface area contributed by atoms with E-state index in [-0.39, 0.29) is 12.5 Å². The summed E-state index contributed by atoms with van der Waals surface area (Å²) in [6.45, 7) is 4.09. The lowest BCUT2D eigenvalue weighted by Crippen LogP contribution is -2.36. The smallest absolute Gasteiger partial charge is 0.271 e. The number of carbonyl (C=O) groups is 1. The fourth-order valence-corrected chi connectivity index (χ4v) is 2.08. The molecule has 1 saturated heterocycles. The van der Waals surface area contributed by atoms with Crippen molar-refractivity contribution in [3.63, 3.8) is 0 Å². The fraction of sp³-hybridized carbons (Fsp3) is 0.636. The molecule has 94 valence electrons. The molecule has 17 heavy (non-hydrogen) atoms.